The van der Waals surface area contributed by atoms with E-state index in [0.717, 1.165) is 16.3 Å². The van der Waals surface area contributed by atoms with Crippen LogP contribution < -0.4 is 0 Å². The SMILES string of the molecule is COC(=O)C1C[C@@]2(O)C(O)C(O)C(O)CC2N1Cc1cccc2ccccc12. The Balaban J connectivity index is 1.75. The van der Waals surface area contributed by atoms with Crippen LogP contribution in [0.2, 0.25) is 0 Å². The Labute approximate surface area is 162 Å². The van der Waals surface area contributed by atoms with Gasteiger partial charge in [0, 0.05) is 19.0 Å². The van der Waals surface area contributed by atoms with Gasteiger partial charge in [0.05, 0.1) is 13.2 Å². The minimum atomic E-state index is -1.71. The number of hydrogen-bond acceptors (Lipinski definition) is 7. The molecule has 6 atom stereocenters. The summed E-state index contributed by atoms with van der Waals surface area (Å²) in [6, 6.07) is 12.3. The molecule has 28 heavy (non-hydrogen) atoms. The summed E-state index contributed by atoms with van der Waals surface area (Å²) in [6.45, 7) is 0.337. The summed E-state index contributed by atoms with van der Waals surface area (Å²) in [5.41, 5.74) is -0.742. The Morgan fingerprint density at radius 2 is 1.89 bits per heavy atom. The number of methoxy groups -OCH3 is 1. The molecule has 0 spiro atoms. The average Bonchev–Trinajstić information content (AvgIpc) is 2.99. The molecule has 1 saturated carbocycles. The van der Waals surface area contributed by atoms with Crippen molar-refractivity contribution in [1.29, 1.82) is 0 Å². The first kappa shape index (κ1) is 19.3. The van der Waals surface area contributed by atoms with Crippen LogP contribution in [0.3, 0.4) is 0 Å². The highest BCUT2D eigenvalue weighted by atomic mass is 16.5. The molecular weight excluding hydrogens is 362 g/mol. The van der Waals surface area contributed by atoms with Crippen LogP contribution in [0.5, 0.6) is 0 Å². The number of likely N-dealkylation sites (tertiary alicyclic amines) is 1. The Morgan fingerprint density at radius 3 is 2.64 bits per heavy atom. The smallest absolute Gasteiger partial charge is 0.323 e. The standard InChI is InChI=1S/C21H25NO6/c1-28-20(26)15-10-21(27)17(9-16(23)18(24)19(21)25)22(15)11-13-7-4-6-12-5-2-3-8-14(12)13/h2-8,15-19,23-25,27H,9-11H2,1H3/t15?,16?,17?,18?,19?,21-/m0/s1. The first-order chi connectivity index (χ1) is 13.4. The molecule has 1 saturated heterocycles. The molecule has 0 amide bonds. The van der Waals surface area contributed by atoms with E-state index in [2.05, 4.69) is 0 Å². The number of carbonyl (C=O) groups excluding carboxylic acids is 1. The van der Waals surface area contributed by atoms with Crippen molar-refractivity contribution in [2.24, 2.45) is 0 Å². The number of fused-ring (bicyclic) bond motifs is 2. The average molecular weight is 387 g/mol. The lowest BCUT2D eigenvalue weighted by molar-refractivity contribution is -0.197. The van der Waals surface area contributed by atoms with E-state index in [0.29, 0.717) is 6.54 Å². The summed E-state index contributed by atoms with van der Waals surface area (Å²) < 4.78 is 4.93. The van der Waals surface area contributed by atoms with Gasteiger partial charge in [-0.3, -0.25) is 9.69 Å². The van der Waals surface area contributed by atoms with E-state index in [4.69, 9.17) is 4.74 Å². The van der Waals surface area contributed by atoms with Crippen molar-refractivity contribution in [2.45, 2.75) is 55.4 Å². The van der Waals surface area contributed by atoms with Gasteiger partial charge in [-0.2, -0.15) is 0 Å². The van der Waals surface area contributed by atoms with Gasteiger partial charge in [0.2, 0.25) is 0 Å². The Kier molecular flexibility index (Phi) is 4.89. The lowest BCUT2D eigenvalue weighted by Crippen LogP contribution is -2.64. The fourth-order valence-corrected chi connectivity index (χ4v) is 4.80. The number of carbonyl (C=O) groups is 1. The van der Waals surface area contributed by atoms with Crippen LogP contribution in [0.1, 0.15) is 18.4 Å². The van der Waals surface area contributed by atoms with Crippen molar-refractivity contribution in [3.05, 3.63) is 48.0 Å². The first-order valence-electron chi connectivity index (χ1n) is 9.43. The highest BCUT2D eigenvalue weighted by molar-refractivity contribution is 5.85. The summed E-state index contributed by atoms with van der Waals surface area (Å²) in [5.74, 6) is -0.515. The number of rotatable bonds is 3. The van der Waals surface area contributed by atoms with Gasteiger partial charge in [-0.05, 0) is 22.8 Å². The molecule has 2 aromatic rings. The largest absolute Gasteiger partial charge is 0.468 e. The molecule has 4 rings (SSSR count). The normalized spacial score (nSPS) is 35.7. The maximum Gasteiger partial charge on any atom is 0.323 e. The molecule has 0 aromatic heterocycles. The number of aliphatic hydroxyl groups is 4. The van der Waals surface area contributed by atoms with E-state index in [-0.39, 0.29) is 12.8 Å². The van der Waals surface area contributed by atoms with Crippen LogP contribution in [-0.4, -0.2) is 74.4 Å². The Hall–Kier alpha value is -2.03. The van der Waals surface area contributed by atoms with Crippen molar-refractivity contribution in [3.8, 4) is 0 Å². The molecule has 7 nitrogen and oxygen atoms in total. The minimum Gasteiger partial charge on any atom is -0.468 e. The molecule has 4 N–H and O–H groups in total. The third kappa shape index (κ3) is 2.91. The molecule has 1 aliphatic carbocycles. The fourth-order valence-electron chi connectivity index (χ4n) is 4.80. The zero-order chi connectivity index (χ0) is 20.1. The maximum absolute atomic E-state index is 12.5. The first-order valence-corrected chi connectivity index (χ1v) is 9.43. The summed E-state index contributed by atoms with van der Waals surface area (Å²) in [4.78, 5) is 14.2. The van der Waals surface area contributed by atoms with Crippen molar-refractivity contribution in [3.63, 3.8) is 0 Å². The molecule has 0 bridgehead atoms. The molecule has 7 heteroatoms. The van der Waals surface area contributed by atoms with Crippen LogP contribution in [0.4, 0.5) is 0 Å². The van der Waals surface area contributed by atoms with Crippen LogP contribution >= 0.6 is 0 Å². The molecule has 5 unspecified atom stereocenters. The molecule has 1 heterocycles. The number of hydrogen-bond donors (Lipinski definition) is 4. The second-order valence-electron chi connectivity index (χ2n) is 7.80. The van der Waals surface area contributed by atoms with E-state index in [1.165, 1.54) is 7.11 Å². The summed E-state index contributed by atoms with van der Waals surface area (Å²) >= 11 is 0. The number of benzene rings is 2. The maximum atomic E-state index is 12.5. The number of esters is 1. The monoisotopic (exact) mass is 387 g/mol. The summed E-state index contributed by atoms with van der Waals surface area (Å²) in [6.07, 6.45) is -4.22. The predicted octanol–water partition coefficient (Wildman–Crippen LogP) is 0.173. The van der Waals surface area contributed by atoms with Crippen molar-refractivity contribution < 1.29 is 30.0 Å². The van der Waals surface area contributed by atoms with Gasteiger partial charge >= 0.3 is 5.97 Å². The number of nitrogens with zero attached hydrogens (tertiary/aromatic N) is 1. The van der Waals surface area contributed by atoms with Crippen molar-refractivity contribution in [1.82, 2.24) is 4.90 Å². The third-order valence-corrected chi connectivity index (χ3v) is 6.30. The molecule has 2 aromatic carbocycles. The quantitative estimate of drug-likeness (QED) is 0.556. The van der Waals surface area contributed by atoms with Gasteiger partial charge in [-0.1, -0.05) is 42.5 Å². The summed E-state index contributed by atoms with van der Waals surface area (Å²) in [5, 5.41) is 44.0. The van der Waals surface area contributed by atoms with Gasteiger partial charge in [0.15, 0.2) is 0 Å². The van der Waals surface area contributed by atoms with Crippen molar-refractivity contribution in [2.75, 3.05) is 7.11 Å². The molecule has 1 aliphatic heterocycles. The molecular formula is C21H25NO6. The molecule has 2 fully saturated rings. The van der Waals surface area contributed by atoms with E-state index < -0.39 is 42.0 Å². The number of aliphatic hydroxyl groups excluding tert-OH is 3. The Bertz CT molecular complexity index is 883. The van der Waals surface area contributed by atoms with Gasteiger partial charge in [-0.15, -0.1) is 0 Å². The predicted molar refractivity (Wildman–Crippen MR) is 101 cm³/mol. The van der Waals surface area contributed by atoms with Gasteiger partial charge < -0.3 is 25.2 Å². The minimum absolute atomic E-state index is 0.0486. The molecule has 150 valence electrons. The van der Waals surface area contributed by atoms with Gasteiger partial charge in [0.1, 0.15) is 23.9 Å². The van der Waals surface area contributed by atoms with Gasteiger partial charge in [-0.25, -0.2) is 0 Å². The lowest BCUT2D eigenvalue weighted by Gasteiger charge is -2.45. The van der Waals surface area contributed by atoms with Crippen LogP contribution in [0, 0.1) is 0 Å². The van der Waals surface area contributed by atoms with Gasteiger partial charge in [0.25, 0.3) is 0 Å². The fraction of sp³-hybridized carbons (Fsp3) is 0.476. The third-order valence-electron chi connectivity index (χ3n) is 6.30. The Morgan fingerprint density at radius 1 is 1.18 bits per heavy atom. The second kappa shape index (κ2) is 7.09. The van der Waals surface area contributed by atoms with Crippen LogP contribution in [0.15, 0.2) is 42.5 Å². The lowest BCUT2D eigenvalue weighted by atomic mass is 9.75. The second-order valence-corrected chi connectivity index (χ2v) is 7.80. The zero-order valence-electron chi connectivity index (χ0n) is 15.6. The van der Waals surface area contributed by atoms with Crippen LogP contribution in [-0.2, 0) is 16.1 Å². The highest BCUT2D eigenvalue weighted by Crippen LogP contribution is 2.44. The van der Waals surface area contributed by atoms with Crippen molar-refractivity contribution >= 4 is 16.7 Å². The summed E-state index contributed by atoms with van der Waals surface area (Å²) in [7, 11) is 1.28. The number of ether oxygens (including phenoxy) is 1. The van der Waals surface area contributed by atoms with E-state index in [1.807, 2.05) is 42.5 Å². The van der Waals surface area contributed by atoms with Crippen LogP contribution in [0.25, 0.3) is 10.8 Å². The van der Waals surface area contributed by atoms with E-state index >= 15 is 0 Å². The van der Waals surface area contributed by atoms with E-state index in [1.54, 1.807) is 4.90 Å². The van der Waals surface area contributed by atoms with E-state index in [9.17, 15) is 25.2 Å². The highest BCUT2D eigenvalue weighted by Gasteiger charge is 2.62. The zero-order valence-corrected chi connectivity index (χ0v) is 15.6. The molecule has 0 radical (unpaired) electrons. The topological polar surface area (TPSA) is 110 Å². The molecule has 2 aliphatic rings.